The summed E-state index contributed by atoms with van der Waals surface area (Å²) in [6, 6.07) is 6.61. The Labute approximate surface area is 91.8 Å². The zero-order valence-corrected chi connectivity index (χ0v) is 9.55. The second kappa shape index (κ2) is 3.71. The number of rotatable bonds is 2. The first-order valence-electron chi connectivity index (χ1n) is 4.15. The van der Waals surface area contributed by atoms with Crippen LogP contribution in [0.1, 0.15) is 0 Å². The van der Waals surface area contributed by atoms with Crippen molar-refractivity contribution in [2.45, 2.75) is 4.90 Å². The number of hydrogen-bond donors (Lipinski definition) is 0. The van der Waals surface area contributed by atoms with Gasteiger partial charge in [0.2, 0.25) is 0 Å². The van der Waals surface area contributed by atoms with Crippen LogP contribution in [0.25, 0.3) is 11.3 Å². The number of hydrogen-bond acceptors (Lipinski definition) is 5. The van der Waals surface area contributed by atoms with Gasteiger partial charge in [-0.1, -0.05) is 12.1 Å². The van der Waals surface area contributed by atoms with Crippen molar-refractivity contribution in [1.82, 2.24) is 8.75 Å². The summed E-state index contributed by atoms with van der Waals surface area (Å²) >= 11 is 1.13. The van der Waals surface area contributed by atoms with Gasteiger partial charge in [-0.3, -0.25) is 0 Å². The minimum Gasteiger partial charge on any atom is -0.224 e. The van der Waals surface area contributed by atoms with Gasteiger partial charge in [0.05, 0.1) is 22.8 Å². The van der Waals surface area contributed by atoms with Crippen LogP contribution >= 0.6 is 11.7 Å². The molecule has 4 nitrogen and oxygen atoms in total. The number of benzene rings is 1. The van der Waals surface area contributed by atoms with Gasteiger partial charge in [-0.05, 0) is 12.1 Å². The summed E-state index contributed by atoms with van der Waals surface area (Å²) in [4.78, 5) is 0.314. The van der Waals surface area contributed by atoms with E-state index in [2.05, 4.69) is 8.75 Å². The number of aromatic nitrogens is 2. The van der Waals surface area contributed by atoms with E-state index in [-0.39, 0.29) is 0 Å². The molecule has 1 aromatic heterocycles. The fourth-order valence-electron chi connectivity index (χ4n) is 1.16. The zero-order chi connectivity index (χ0) is 10.9. The van der Waals surface area contributed by atoms with Crippen molar-refractivity contribution in [3.05, 3.63) is 30.5 Å². The molecule has 0 fully saturated rings. The molecule has 0 aliphatic heterocycles. The average molecular weight is 240 g/mol. The molecule has 0 N–H and O–H groups in total. The van der Waals surface area contributed by atoms with E-state index in [0.717, 1.165) is 23.0 Å². The Kier molecular flexibility index (Phi) is 2.54. The quantitative estimate of drug-likeness (QED) is 0.800. The Morgan fingerprint density at radius 2 is 1.87 bits per heavy atom. The van der Waals surface area contributed by atoms with E-state index in [1.165, 1.54) is 6.26 Å². The summed E-state index contributed by atoms with van der Waals surface area (Å²) in [5.74, 6) is 0. The maximum atomic E-state index is 11.2. The normalized spacial score (nSPS) is 11.5. The maximum absolute atomic E-state index is 11.2. The third-order valence-electron chi connectivity index (χ3n) is 1.94. The highest BCUT2D eigenvalue weighted by Crippen LogP contribution is 2.19. The highest BCUT2D eigenvalue weighted by Gasteiger charge is 2.07. The minimum atomic E-state index is -3.12. The molecule has 15 heavy (non-hydrogen) atoms. The lowest BCUT2D eigenvalue weighted by atomic mass is 10.2. The molecule has 0 unspecified atom stereocenters. The molecule has 0 saturated heterocycles. The zero-order valence-electron chi connectivity index (χ0n) is 7.91. The van der Waals surface area contributed by atoms with E-state index in [1.807, 2.05) is 0 Å². The molecule has 0 bridgehead atoms. The smallest absolute Gasteiger partial charge is 0.175 e. The van der Waals surface area contributed by atoms with E-state index in [4.69, 9.17) is 0 Å². The fourth-order valence-corrected chi connectivity index (χ4v) is 2.23. The lowest BCUT2D eigenvalue weighted by molar-refractivity contribution is 0.602. The summed E-state index contributed by atoms with van der Waals surface area (Å²) < 4.78 is 30.4. The van der Waals surface area contributed by atoms with E-state index in [9.17, 15) is 8.42 Å². The van der Waals surface area contributed by atoms with E-state index in [1.54, 1.807) is 30.5 Å². The first-order chi connectivity index (χ1) is 7.07. The maximum Gasteiger partial charge on any atom is 0.175 e. The molecule has 0 amide bonds. The highest BCUT2D eigenvalue weighted by atomic mass is 32.2. The standard InChI is InChI=1S/C9H8N2O2S2/c1-15(12,13)8-4-2-7(3-5-8)9-6-10-14-11-9/h2-6H,1H3. The second-order valence-electron chi connectivity index (χ2n) is 3.09. The molecule has 6 heteroatoms. The molecular formula is C9H8N2O2S2. The molecular weight excluding hydrogens is 232 g/mol. The van der Waals surface area contributed by atoms with Gasteiger partial charge in [0, 0.05) is 11.8 Å². The van der Waals surface area contributed by atoms with Gasteiger partial charge in [0.1, 0.15) is 5.69 Å². The molecule has 2 rings (SSSR count). The monoisotopic (exact) mass is 240 g/mol. The van der Waals surface area contributed by atoms with Gasteiger partial charge in [-0.2, -0.15) is 8.75 Å². The Balaban J connectivity index is 2.42. The summed E-state index contributed by atoms with van der Waals surface area (Å²) in [6.45, 7) is 0. The van der Waals surface area contributed by atoms with Crippen molar-refractivity contribution >= 4 is 21.6 Å². The van der Waals surface area contributed by atoms with Gasteiger partial charge in [0.25, 0.3) is 0 Å². The van der Waals surface area contributed by atoms with Crippen LogP contribution in [0.4, 0.5) is 0 Å². The van der Waals surface area contributed by atoms with Gasteiger partial charge in [-0.15, -0.1) is 0 Å². The van der Waals surface area contributed by atoms with E-state index in [0.29, 0.717) is 4.90 Å². The molecule has 0 aliphatic carbocycles. The predicted molar refractivity (Wildman–Crippen MR) is 58.5 cm³/mol. The molecule has 0 spiro atoms. The molecule has 0 radical (unpaired) electrons. The summed E-state index contributed by atoms with van der Waals surface area (Å²) in [5, 5.41) is 0. The van der Waals surface area contributed by atoms with E-state index >= 15 is 0 Å². The molecule has 1 aromatic carbocycles. The number of sulfone groups is 1. The second-order valence-corrected chi connectivity index (χ2v) is 5.66. The molecule has 0 aliphatic rings. The SMILES string of the molecule is CS(=O)(=O)c1ccc(-c2cnsn2)cc1. The first-order valence-corrected chi connectivity index (χ1v) is 6.77. The summed E-state index contributed by atoms with van der Waals surface area (Å²) in [6.07, 6.45) is 2.84. The van der Waals surface area contributed by atoms with Gasteiger partial charge < -0.3 is 0 Å². The van der Waals surface area contributed by atoms with Crippen LogP contribution in [0.15, 0.2) is 35.4 Å². The van der Waals surface area contributed by atoms with Crippen LogP contribution in [-0.2, 0) is 9.84 Å². The Hall–Kier alpha value is -1.27. The lowest BCUT2D eigenvalue weighted by Gasteiger charge is -1.99. The molecule has 0 atom stereocenters. The summed E-state index contributed by atoms with van der Waals surface area (Å²) in [5.41, 5.74) is 1.64. The van der Waals surface area contributed by atoms with Crippen LogP contribution in [-0.4, -0.2) is 23.4 Å². The third-order valence-corrected chi connectivity index (χ3v) is 3.55. The van der Waals surface area contributed by atoms with Gasteiger partial charge in [0.15, 0.2) is 9.84 Å². The van der Waals surface area contributed by atoms with Crippen molar-refractivity contribution in [3.8, 4) is 11.3 Å². The van der Waals surface area contributed by atoms with Gasteiger partial charge in [-0.25, -0.2) is 8.42 Å². The Bertz CT molecular complexity index is 544. The van der Waals surface area contributed by atoms with Crippen molar-refractivity contribution in [2.75, 3.05) is 6.26 Å². The number of nitrogens with zero attached hydrogens (tertiary/aromatic N) is 2. The van der Waals surface area contributed by atoms with Crippen molar-refractivity contribution in [2.24, 2.45) is 0 Å². The highest BCUT2D eigenvalue weighted by molar-refractivity contribution is 7.90. The van der Waals surface area contributed by atoms with Crippen LogP contribution in [0.5, 0.6) is 0 Å². The molecule has 0 saturated carbocycles. The van der Waals surface area contributed by atoms with E-state index < -0.39 is 9.84 Å². The van der Waals surface area contributed by atoms with Crippen molar-refractivity contribution < 1.29 is 8.42 Å². The summed E-state index contributed by atoms with van der Waals surface area (Å²) in [7, 11) is -3.12. The Morgan fingerprint density at radius 1 is 1.20 bits per heavy atom. The van der Waals surface area contributed by atoms with Crippen LogP contribution < -0.4 is 0 Å². The predicted octanol–water partition coefficient (Wildman–Crippen LogP) is 1.61. The molecule has 2 aromatic rings. The average Bonchev–Trinajstić information content (AvgIpc) is 2.69. The van der Waals surface area contributed by atoms with Crippen molar-refractivity contribution in [3.63, 3.8) is 0 Å². The lowest BCUT2D eigenvalue weighted by Crippen LogP contribution is -1.96. The Morgan fingerprint density at radius 3 is 2.33 bits per heavy atom. The fraction of sp³-hybridized carbons (Fsp3) is 0.111. The first kappa shape index (κ1) is 10.3. The van der Waals surface area contributed by atoms with Crippen LogP contribution in [0.3, 0.4) is 0 Å². The van der Waals surface area contributed by atoms with Crippen LogP contribution in [0, 0.1) is 0 Å². The molecule has 78 valence electrons. The van der Waals surface area contributed by atoms with Crippen LogP contribution in [0.2, 0.25) is 0 Å². The van der Waals surface area contributed by atoms with Gasteiger partial charge >= 0.3 is 0 Å². The molecule has 1 heterocycles. The topological polar surface area (TPSA) is 59.9 Å². The third kappa shape index (κ3) is 2.21. The largest absolute Gasteiger partial charge is 0.224 e. The van der Waals surface area contributed by atoms with Crippen molar-refractivity contribution in [1.29, 1.82) is 0 Å². The minimum absolute atomic E-state index is 0.314.